The zero-order chi connectivity index (χ0) is 19.5. The molecule has 1 nitrogen and oxygen atoms in total. The van der Waals surface area contributed by atoms with Crippen LogP contribution in [0.25, 0.3) is 0 Å². The van der Waals surface area contributed by atoms with E-state index >= 15 is 0 Å². The molecular weight excluding hydrogens is 304 g/mol. The molecule has 0 spiro atoms. The van der Waals surface area contributed by atoms with Crippen LogP contribution in [0.5, 0.6) is 0 Å². The molecule has 0 heterocycles. The molecule has 0 saturated heterocycles. The molecular formula is C24H38O. The molecule has 0 aliphatic heterocycles. The lowest BCUT2D eigenvalue weighted by Gasteiger charge is -2.17. The monoisotopic (exact) mass is 342 g/mol. The Morgan fingerprint density at radius 1 is 0.960 bits per heavy atom. The average molecular weight is 343 g/mol. The van der Waals surface area contributed by atoms with E-state index in [0.29, 0.717) is 5.41 Å². The minimum atomic E-state index is 0.112. The Hall–Kier alpha value is -1.63. The fraction of sp³-hybridized carbons (Fsp3) is 0.542. The molecule has 140 valence electrons. The van der Waals surface area contributed by atoms with Gasteiger partial charge in [-0.05, 0) is 71.8 Å². The minimum absolute atomic E-state index is 0.112. The Morgan fingerprint density at radius 3 is 2.16 bits per heavy atom. The third-order valence-corrected chi connectivity index (χ3v) is 4.13. The van der Waals surface area contributed by atoms with Gasteiger partial charge in [0.15, 0.2) is 5.78 Å². The van der Waals surface area contributed by atoms with Gasteiger partial charge in [-0.2, -0.15) is 0 Å². The van der Waals surface area contributed by atoms with E-state index in [1.54, 1.807) is 13.0 Å². The van der Waals surface area contributed by atoms with E-state index in [1.807, 2.05) is 6.92 Å². The summed E-state index contributed by atoms with van der Waals surface area (Å²) in [6.07, 6.45) is 16.9. The van der Waals surface area contributed by atoms with Gasteiger partial charge < -0.3 is 0 Å². The second-order valence-electron chi connectivity index (χ2n) is 8.36. The molecule has 0 unspecified atom stereocenters. The standard InChI is InChI=1S/C24H38O/c1-19(12-9-10-13-20(2)18-23(5)25)15-16-22(4)21(3)14-11-17-24(6,7)8/h9-10,12,15-16,18H,11,13-14,17H2,1-8H3/b10-9?,16-15+,19-12+,20-18+,22-21+. The Kier molecular flexibility index (Phi) is 11.1. The number of hydrogen-bond donors (Lipinski definition) is 0. The van der Waals surface area contributed by atoms with E-state index in [-0.39, 0.29) is 5.78 Å². The van der Waals surface area contributed by atoms with Gasteiger partial charge in [-0.15, -0.1) is 0 Å². The van der Waals surface area contributed by atoms with Gasteiger partial charge in [-0.25, -0.2) is 0 Å². The molecule has 0 bridgehead atoms. The van der Waals surface area contributed by atoms with Crippen molar-refractivity contribution < 1.29 is 4.79 Å². The van der Waals surface area contributed by atoms with Crippen LogP contribution in [0.15, 0.2) is 58.7 Å². The van der Waals surface area contributed by atoms with E-state index in [0.717, 1.165) is 12.0 Å². The summed E-state index contributed by atoms with van der Waals surface area (Å²) in [5, 5.41) is 0. The summed E-state index contributed by atoms with van der Waals surface area (Å²) in [5.41, 5.74) is 5.59. The van der Waals surface area contributed by atoms with Gasteiger partial charge in [0.2, 0.25) is 0 Å². The van der Waals surface area contributed by atoms with Gasteiger partial charge >= 0.3 is 0 Å². The Bertz CT molecular complexity index is 572. The van der Waals surface area contributed by atoms with Crippen molar-refractivity contribution in [2.45, 2.75) is 81.1 Å². The lowest BCUT2D eigenvalue weighted by atomic mass is 9.88. The highest BCUT2D eigenvalue weighted by Gasteiger charge is 2.09. The van der Waals surface area contributed by atoms with Crippen LogP contribution in [0.4, 0.5) is 0 Å². The fourth-order valence-electron chi connectivity index (χ4n) is 2.41. The van der Waals surface area contributed by atoms with Crippen molar-refractivity contribution in [3.8, 4) is 0 Å². The lowest BCUT2D eigenvalue weighted by molar-refractivity contribution is -0.112. The first kappa shape index (κ1) is 23.4. The zero-order valence-electron chi connectivity index (χ0n) is 17.7. The third-order valence-electron chi connectivity index (χ3n) is 4.13. The largest absolute Gasteiger partial charge is 0.295 e. The second kappa shape index (κ2) is 11.8. The van der Waals surface area contributed by atoms with E-state index in [4.69, 9.17) is 0 Å². The first-order valence-electron chi connectivity index (χ1n) is 9.37. The summed E-state index contributed by atoms with van der Waals surface area (Å²) in [6, 6.07) is 0. The predicted molar refractivity (Wildman–Crippen MR) is 113 cm³/mol. The van der Waals surface area contributed by atoms with Crippen LogP contribution in [-0.2, 0) is 4.79 Å². The molecule has 0 atom stereocenters. The van der Waals surface area contributed by atoms with Crippen molar-refractivity contribution in [3.63, 3.8) is 0 Å². The number of allylic oxidation sites excluding steroid dienone is 10. The molecule has 0 aliphatic rings. The van der Waals surface area contributed by atoms with Crippen molar-refractivity contribution in [3.05, 3.63) is 58.7 Å². The molecule has 0 rings (SSSR count). The van der Waals surface area contributed by atoms with Crippen LogP contribution in [0.2, 0.25) is 0 Å². The minimum Gasteiger partial charge on any atom is -0.295 e. The molecule has 0 aromatic carbocycles. The van der Waals surface area contributed by atoms with Gasteiger partial charge in [0, 0.05) is 0 Å². The summed E-state index contributed by atoms with van der Waals surface area (Å²) >= 11 is 0. The first-order valence-corrected chi connectivity index (χ1v) is 9.37. The molecule has 0 aromatic rings. The van der Waals surface area contributed by atoms with Crippen LogP contribution in [0, 0.1) is 5.41 Å². The van der Waals surface area contributed by atoms with E-state index in [1.165, 1.54) is 36.0 Å². The summed E-state index contributed by atoms with van der Waals surface area (Å²) in [4.78, 5) is 11.0. The maximum Gasteiger partial charge on any atom is 0.152 e. The molecule has 0 radical (unpaired) electrons. The van der Waals surface area contributed by atoms with Gasteiger partial charge in [-0.3, -0.25) is 4.79 Å². The summed E-state index contributed by atoms with van der Waals surface area (Å²) in [5.74, 6) is 0.112. The maximum atomic E-state index is 11.0. The summed E-state index contributed by atoms with van der Waals surface area (Å²) in [6.45, 7) is 17.0. The van der Waals surface area contributed by atoms with Crippen molar-refractivity contribution in [1.82, 2.24) is 0 Å². The molecule has 1 heteroatoms. The van der Waals surface area contributed by atoms with Gasteiger partial charge in [-0.1, -0.05) is 73.4 Å². The molecule has 0 aliphatic carbocycles. The van der Waals surface area contributed by atoms with E-state index < -0.39 is 0 Å². The van der Waals surface area contributed by atoms with Crippen molar-refractivity contribution in [2.75, 3.05) is 0 Å². The Labute approximate surface area is 156 Å². The highest BCUT2D eigenvalue weighted by atomic mass is 16.1. The van der Waals surface area contributed by atoms with Crippen molar-refractivity contribution in [2.24, 2.45) is 5.41 Å². The highest BCUT2D eigenvalue weighted by Crippen LogP contribution is 2.24. The second-order valence-corrected chi connectivity index (χ2v) is 8.36. The number of carbonyl (C=O) groups excluding carboxylic acids is 1. The number of hydrogen-bond acceptors (Lipinski definition) is 1. The normalized spacial score (nSPS) is 15.2. The van der Waals surface area contributed by atoms with Crippen molar-refractivity contribution in [1.29, 1.82) is 0 Å². The molecule has 0 N–H and O–H groups in total. The number of rotatable bonds is 9. The molecule has 0 amide bonds. The quantitative estimate of drug-likeness (QED) is 0.313. The van der Waals surface area contributed by atoms with Crippen LogP contribution in [0.1, 0.15) is 81.1 Å². The number of ketones is 1. The molecule has 0 aromatic heterocycles. The summed E-state index contributed by atoms with van der Waals surface area (Å²) < 4.78 is 0. The Morgan fingerprint density at radius 2 is 1.60 bits per heavy atom. The zero-order valence-corrected chi connectivity index (χ0v) is 17.7. The van der Waals surface area contributed by atoms with Crippen LogP contribution in [-0.4, -0.2) is 5.78 Å². The lowest BCUT2D eigenvalue weighted by Crippen LogP contribution is -2.04. The molecule has 25 heavy (non-hydrogen) atoms. The van der Waals surface area contributed by atoms with Crippen LogP contribution in [0.3, 0.4) is 0 Å². The van der Waals surface area contributed by atoms with Crippen molar-refractivity contribution >= 4 is 5.78 Å². The van der Waals surface area contributed by atoms with Gasteiger partial charge in [0.25, 0.3) is 0 Å². The average Bonchev–Trinajstić information content (AvgIpc) is 2.47. The van der Waals surface area contributed by atoms with E-state index in [9.17, 15) is 4.79 Å². The van der Waals surface area contributed by atoms with Gasteiger partial charge in [0.05, 0.1) is 0 Å². The topological polar surface area (TPSA) is 17.1 Å². The highest BCUT2D eigenvalue weighted by molar-refractivity contribution is 5.87. The third kappa shape index (κ3) is 14.4. The SMILES string of the molecule is CC(=O)/C=C(\C)CC=C/C=C(C)/C=C/C(C)=C(\C)CCCC(C)(C)C. The summed E-state index contributed by atoms with van der Waals surface area (Å²) in [7, 11) is 0. The molecule has 0 fully saturated rings. The predicted octanol–water partition coefficient (Wildman–Crippen LogP) is 7.52. The smallest absolute Gasteiger partial charge is 0.152 e. The van der Waals surface area contributed by atoms with Crippen LogP contribution < -0.4 is 0 Å². The van der Waals surface area contributed by atoms with Gasteiger partial charge in [0.1, 0.15) is 0 Å². The first-order chi connectivity index (χ1) is 11.5. The van der Waals surface area contributed by atoms with Crippen LogP contribution >= 0.6 is 0 Å². The number of carbonyl (C=O) groups is 1. The van der Waals surface area contributed by atoms with E-state index in [2.05, 4.69) is 71.9 Å². The maximum absolute atomic E-state index is 11.0. The fourth-order valence-corrected chi connectivity index (χ4v) is 2.41. The Balaban J connectivity index is 4.53. The molecule has 0 saturated carbocycles.